The van der Waals surface area contributed by atoms with Crippen molar-refractivity contribution >= 4 is 0 Å². The average Bonchev–Trinajstić information content (AvgIpc) is 2.24. The minimum Gasteiger partial charge on any atom is -0.496 e. The van der Waals surface area contributed by atoms with Gasteiger partial charge < -0.3 is 10.1 Å². The monoisotopic (exact) mass is 261 g/mol. The van der Waals surface area contributed by atoms with Crippen LogP contribution < -0.4 is 10.1 Å². The molecule has 0 aliphatic heterocycles. The molecule has 0 radical (unpaired) electrons. The van der Waals surface area contributed by atoms with Gasteiger partial charge in [-0.3, -0.25) is 0 Å². The lowest BCUT2D eigenvalue weighted by Gasteiger charge is -2.25. The Balaban J connectivity index is 3.35. The van der Waals surface area contributed by atoms with Crippen LogP contribution >= 0.6 is 0 Å². The number of halogens is 3. The van der Waals surface area contributed by atoms with Crippen LogP contribution in [0.3, 0.4) is 0 Å². The molecule has 1 rings (SSSR count). The van der Waals surface area contributed by atoms with Crippen LogP contribution in [0, 0.1) is 13.8 Å². The van der Waals surface area contributed by atoms with Crippen molar-refractivity contribution in [2.45, 2.75) is 33.0 Å². The number of benzene rings is 1. The van der Waals surface area contributed by atoms with Crippen LogP contribution in [-0.2, 0) is 0 Å². The number of alkyl halides is 3. The molecule has 18 heavy (non-hydrogen) atoms. The van der Waals surface area contributed by atoms with Crippen LogP contribution in [0.4, 0.5) is 13.2 Å². The number of rotatable bonds is 4. The molecule has 0 heterocycles. The molecule has 2 nitrogen and oxygen atoms in total. The Morgan fingerprint density at radius 2 is 1.89 bits per heavy atom. The van der Waals surface area contributed by atoms with Gasteiger partial charge in [0.2, 0.25) is 0 Å². The summed E-state index contributed by atoms with van der Waals surface area (Å²) in [6, 6.07) is 1.66. The van der Waals surface area contributed by atoms with E-state index in [2.05, 4.69) is 5.32 Å². The average molecular weight is 261 g/mol. The van der Waals surface area contributed by atoms with Crippen LogP contribution in [0.1, 0.15) is 29.7 Å². The lowest BCUT2D eigenvalue weighted by atomic mass is 9.97. The zero-order valence-electron chi connectivity index (χ0n) is 11.0. The van der Waals surface area contributed by atoms with E-state index in [1.54, 1.807) is 26.0 Å². The second-order valence-corrected chi connectivity index (χ2v) is 4.23. The van der Waals surface area contributed by atoms with Gasteiger partial charge >= 0.3 is 6.18 Å². The Labute approximate surface area is 105 Å². The highest BCUT2D eigenvalue weighted by Crippen LogP contribution is 2.39. The molecule has 0 aliphatic rings. The van der Waals surface area contributed by atoms with E-state index in [0.717, 1.165) is 5.56 Å². The summed E-state index contributed by atoms with van der Waals surface area (Å²) in [5, 5.41) is 2.47. The summed E-state index contributed by atoms with van der Waals surface area (Å²) in [5.41, 5.74) is 1.62. The first-order valence-corrected chi connectivity index (χ1v) is 5.76. The van der Waals surface area contributed by atoms with Crippen molar-refractivity contribution in [3.05, 3.63) is 28.8 Å². The van der Waals surface area contributed by atoms with Crippen molar-refractivity contribution in [3.8, 4) is 5.75 Å². The van der Waals surface area contributed by atoms with E-state index in [4.69, 9.17) is 4.74 Å². The molecule has 1 aromatic rings. The number of ether oxygens (including phenoxy) is 1. The summed E-state index contributed by atoms with van der Waals surface area (Å²) in [6.45, 7) is 5.38. The first-order chi connectivity index (χ1) is 8.31. The van der Waals surface area contributed by atoms with Crippen molar-refractivity contribution < 1.29 is 17.9 Å². The third-order valence-corrected chi connectivity index (χ3v) is 2.74. The van der Waals surface area contributed by atoms with E-state index in [1.165, 1.54) is 7.11 Å². The summed E-state index contributed by atoms with van der Waals surface area (Å²) in [5.74, 6) is 0.274. The number of methoxy groups -OCH3 is 1. The number of hydrogen-bond donors (Lipinski definition) is 1. The molecule has 102 valence electrons. The maximum Gasteiger partial charge on any atom is 0.408 e. The van der Waals surface area contributed by atoms with Gasteiger partial charge in [-0.1, -0.05) is 13.0 Å². The summed E-state index contributed by atoms with van der Waals surface area (Å²) in [7, 11) is 1.39. The summed E-state index contributed by atoms with van der Waals surface area (Å²) in [4.78, 5) is 0. The standard InChI is InChI=1S/C13H18F3NO/c1-5-17-12(13(14,15)16)11-9(3)6-8(2)7-10(11)18-4/h6-7,12,17H,5H2,1-4H3. The molecule has 0 saturated heterocycles. The molecule has 0 saturated carbocycles. The molecule has 5 heteroatoms. The smallest absolute Gasteiger partial charge is 0.408 e. The molecule has 0 amide bonds. The molecular weight excluding hydrogens is 243 g/mol. The van der Waals surface area contributed by atoms with Gasteiger partial charge in [0.05, 0.1) is 7.11 Å². The van der Waals surface area contributed by atoms with Gasteiger partial charge in [-0.2, -0.15) is 13.2 Å². The number of nitrogens with one attached hydrogen (secondary N) is 1. The van der Waals surface area contributed by atoms with Crippen LogP contribution in [-0.4, -0.2) is 19.8 Å². The minimum absolute atomic E-state index is 0.164. The van der Waals surface area contributed by atoms with Gasteiger partial charge in [0.15, 0.2) is 0 Å². The highest BCUT2D eigenvalue weighted by Gasteiger charge is 2.42. The predicted octanol–water partition coefficient (Wildman–Crippen LogP) is 3.52. The topological polar surface area (TPSA) is 21.3 Å². The fourth-order valence-corrected chi connectivity index (χ4v) is 2.06. The van der Waals surface area contributed by atoms with E-state index < -0.39 is 12.2 Å². The molecule has 0 fully saturated rings. The Bertz CT molecular complexity index is 415. The van der Waals surface area contributed by atoms with Gasteiger partial charge in [-0.05, 0) is 37.6 Å². The predicted molar refractivity (Wildman–Crippen MR) is 64.9 cm³/mol. The van der Waals surface area contributed by atoms with Gasteiger partial charge in [-0.25, -0.2) is 0 Å². The fraction of sp³-hybridized carbons (Fsp3) is 0.538. The van der Waals surface area contributed by atoms with E-state index in [0.29, 0.717) is 5.56 Å². The molecular formula is C13H18F3NO. The normalized spacial score (nSPS) is 13.5. The van der Waals surface area contributed by atoms with Crippen molar-refractivity contribution in [1.29, 1.82) is 0 Å². The summed E-state index contributed by atoms with van der Waals surface area (Å²) < 4.78 is 44.3. The highest BCUT2D eigenvalue weighted by atomic mass is 19.4. The fourth-order valence-electron chi connectivity index (χ4n) is 2.06. The lowest BCUT2D eigenvalue weighted by Crippen LogP contribution is -2.34. The third kappa shape index (κ3) is 3.16. The maximum atomic E-state index is 13.1. The molecule has 0 aromatic heterocycles. The zero-order valence-corrected chi connectivity index (χ0v) is 11.0. The van der Waals surface area contributed by atoms with Gasteiger partial charge in [-0.15, -0.1) is 0 Å². The first-order valence-electron chi connectivity index (χ1n) is 5.76. The molecule has 1 aromatic carbocycles. The summed E-state index contributed by atoms with van der Waals surface area (Å²) >= 11 is 0. The third-order valence-electron chi connectivity index (χ3n) is 2.74. The Kier molecular flexibility index (Phi) is 4.62. The van der Waals surface area contributed by atoms with Gasteiger partial charge in [0, 0.05) is 5.56 Å². The van der Waals surface area contributed by atoms with Crippen LogP contribution in [0.15, 0.2) is 12.1 Å². The largest absolute Gasteiger partial charge is 0.496 e. The lowest BCUT2D eigenvalue weighted by molar-refractivity contribution is -0.157. The second-order valence-electron chi connectivity index (χ2n) is 4.23. The molecule has 1 N–H and O–H groups in total. The molecule has 1 atom stereocenters. The number of hydrogen-bond acceptors (Lipinski definition) is 2. The van der Waals surface area contributed by atoms with E-state index in [1.807, 2.05) is 6.92 Å². The SMILES string of the molecule is CCNC(c1c(C)cc(C)cc1OC)C(F)(F)F. The van der Waals surface area contributed by atoms with E-state index >= 15 is 0 Å². The number of aryl methyl sites for hydroxylation is 2. The van der Waals surface area contributed by atoms with E-state index in [9.17, 15) is 13.2 Å². The Morgan fingerprint density at radius 3 is 2.33 bits per heavy atom. The minimum atomic E-state index is -4.34. The quantitative estimate of drug-likeness (QED) is 0.895. The Morgan fingerprint density at radius 1 is 1.28 bits per heavy atom. The van der Waals surface area contributed by atoms with Crippen molar-refractivity contribution in [1.82, 2.24) is 5.32 Å². The van der Waals surface area contributed by atoms with Gasteiger partial charge in [0.1, 0.15) is 11.8 Å². The maximum absolute atomic E-state index is 13.1. The highest BCUT2D eigenvalue weighted by molar-refractivity contribution is 5.45. The van der Waals surface area contributed by atoms with Crippen LogP contribution in [0.5, 0.6) is 5.75 Å². The molecule has 0 aliphatic carbocycles. The molecule has 1 unspecified atom stereocenters. The van der Waals surface area contributed by atoms with Gasteiger partial charge in [0.25, 0.3) is 0 Å². The second kappa shape index (κ2) is 5.61. The van der Waals surface area contributed by atoms with Crippen LogP contribution in [0.2, 0.25) is 0 Å². The zero-order chi connectivity index (χ0) is 13.9. The van der Waals surface area contributed by atoms with Crippen LogP contribution in [0.25, 0.3) is 0 Å². The molecule has 0 spiro atoms. The van der Waals surface area contributed by atoms with Crippen molar-refractivity contribution in [2.75, 3.05) is 13.7 Å². The molecule has 0 bridgehead atoms. The van der Waals surface area contributed by atoms with Crippen molar-refractivity contribution in [3.63, 3.8) is 0 Å². The first kappa shape index (κ1) is 14.8. The van der Waals surface area contributed by atoms with E-state index in [-0.39, 0.29) is 17.9 Å². The summed E-state index contributed by atoms with van der Waals surface area (Å²) in [6.07, 6.45) is -4.34. The van der Waals surface area contributed by atoms with Crippen molar-refractivity contribution in [2.24, 2.45) is 0 Å². The Hall–Kier alpha value is -1.23.